The second kappa shape index (κ2) is 5.70. The van der Waals surface area contributed by atoms with Gasteiger partial charge in [-0.1, -0.05) is 26.5 Å². The molecule has 0 unspecified atom stereocenters. The lowest BCUT2D eigenvalue weighted by Gasteiger charge is -2.08. The van der Waals surface area contributed by atoms with E-state index in [1.54, 1.807) is 6.07 Å². The van der Waals surface area contributed by atoms with Crippen LogP contribution in [0.3, 0.4) is 0 Å². The van der Waals surface area contributed by atoms with E-state index in [0.29, 0.717) is 10.9 Å². The Labute approximate surface area is 121 Å². The first kappa shape index (κ1) is 14.6. The van der Waals surface area contributed by atoms with Crippen molar-refractivity contribution in [3.8, 4) is 0 Å². The second-order valence-electron chi connectivity index (χ2n) is 3.98. The summed E-state index contributed by atoms with van der Waals surface area (Å²) in [4.78, 5) is 23.3. The van der Waals surface area contributed by atoms with E-state index >= 15 is 0 Å². The molecule has 1 aromatic heterocycles. The van der Waals surface area contributed by atoms with Gasteiger partial charge in [0.15, 0.2) is 5.56 Å². The van der Waals surface area contributed by atoms with Crippen LogP contribution in [0, 0.1) is 5.95 Å². The first-order valence-corrected chi connectivity index (χ1v) is 6.89. The first-order chi connectivity index (χ1) is 9.51. The van der Waals surface area contributed by atoms with Crippen molar-refractivity contribution < 1.29 is 18.4 Å². The largest absolute Gasteiger partial charge is 0.462 e. The highest BCUT2D eigenvalue weighted by Gasteiger charge is 2.24. The quantitative estimate of drug-likeness (QED) is 0.488. The van der Waals surface area contributed by atoms with Crippen LogP contribution in [0.15, 0.2) is 23.0 Å². The third-order valence-corrected chi connectivity index (χ3v) is 3.41. The maximum absolute atomic E-state index is 13.9. The molecule has 20 heavy (non-hydrogen) atoms. The number of hydrogen-bond donors (Lipinski definition) is 0. The molecule has 2 rings (SSSR count). The number of hydrogen-bond acceptors (Lipinski definition) is 3. The lowest BCUT2D eigenvalue weighted by Crippen LogP contribution is -2.23. The van der Waals surface area contributed by atoms with Gasteiger partial charge in [0.2, 0.25) is 11.4 Å². The second-order valence-corrected chi connectivity index (χ2v) is 4.54. The van der Waals surface area contributed by atoms with Crippen molar-refractivity contribution in [2.45, 2.75) is 12.3 Å². The van der Waals surface area contributed by atoms with Crippen molar-refractivity contribution in [3.63, 3.8) is 0 Å². The third-order valence-electron chi connectivity index (χ3n) is 2.76. The number of ether oxygens (including phenoxy) is 1. The van der Waals surface area contributed by atoms with Gasteiger partial charge in [0.1, 0.15) is 0 Å². The number of benzene rings is 1. The van der Waals surface area contributed by atoms with Gasteiger partial charge in [0.05, 0.1) is 12.1 Å². The van der Waals surface area contributed by atoms with E-state index in [-0.39, 0.29) is 22.3 Å². The summed E-state index contributed by atoms with van der Waals surface area (Å²) in [5, 5.41) is 0.347. The SMILES string of the molecule is CCOC(=O)c1c(F)n(F)c2cc(CBr)ccc2c1=O. The van der Waals surface area contributed by atoms with Gasteiger partial charge in [-0.2, -0.15) is 4.39 Å². The molecule has 0 atom stereocenters. The fourth-order valence-corrected chi connectivity index (χ4v) is 2.18. The summed E-state index contributed by atoms with van der Waals surface area (Å²) in [6.07, 6.45) is 0. The molecule has 0 N–H and O–H groups in total. The van der Waals surface area contributed by atoms with Gasteiger partial charge in [-0.15, -0.1) is 4.79 Å². The first-order valence-electron chi connectivity index (χ1n) is 5.77. The molecule has 1 aromatic carbocycles. The summed E-state index contributed by atoms with van der Waals surface area (Å²) >= 11 is 3.19. The molecule has 0 bridgehead atoms. The van der Waals surface area contributed by atoms with E-state index in [1.807, 2.05) is 0 Å². The highest BCUT2D eigenvalue weighted by Crippen LogP contribution is 2.19. The van der Waals surface area contributed by atoms with Crippen LogP contribution >= 0.6 is 15.9 Å². The van der Waals surface area contributed by atoms with E-state index < -0.39 is 22.9 Å². The smallest absolute Gasteiger partial charge is 0.346 e. The van der Waals surface area contributed by atoms with Crippen LogP contribution < -0.4 is 5.43 Å². The Morgan fingerprint density at radius 3 is 2.75 bits per heavy atom. The van der Waals surface area contributed by atoms with Crippen molar-refractivity contribution in [2.24, 2.45) is 0 Å². The van der Waals surface area contributed by atoms with E-state index in [9.17, 15) is 18.5 Å². The number of fused-ring (bicyclic) bond motifs is 1. The average Bonchev–Trinajstić information content (AvgIpc) is 2.44. The fourth-order valence-electron chi connectivity index (χ4n) is 1.83. The number of halogens is 3. The zero-order valence-electron chi connectivity index (χ0n) is 10.5. The molecule has 1 heterocycles. The molecule has 4 nitrogen and oxygen atoms in total. The van der Waals surface area contributed by atoms with Gasteiger partial charge in [0.25, 0.3) is 0 Å². The molecule has 0 aliphatic heterocycles. The van der Waals surface area contributed by atoms with Crippen LogP contribution in [0.2, 0.25) is 0 Å². The minimum absolute atomic E-state index is 0.0371. The van der Waals surface area contributed by atoms with Crippen molar-refractivity contribution in [1.29, 1.82) is 0 Å². The Hall–Kier alpha value is -1.76. The number of pyridine rings is 1. The van der Waals surface area contributed by atoms with Crippen molar-refractivity contribution in [1.82, 2.24) is 4.79 Å². The number of nitrogens with zero attached hydrogens (tertiary/aromatic N) is 1. The Morgan fingerprint density at radius 2 is 2.15 bits per heavy atom. The number of carbonyl (C=O) groups is 1. The van der Waals surface area contributed by atoms with Crippen molar-refractivity contribution in [3.05, 3.63) is 45.5 Å². The van der Waals surface area contributed by atoms with Crippen molar-refractivity contribution in [2.75, 3.05) is 6.61 Å². The Bertz CT molecular complexity index is 742. The summed E-state index contributed by atoms with van der Waals surface area (Å²) < 4.78 is 32.4. The molecular weight excluding hydrogens is 336 g/mol. The van der Waals surface area contributed by atoms with E-state index in [1.165, 1.54) is 19.1 Å². The normalized spacial score (nSPS) is 10.8. The molecule has 0 saturated heterocycles. The summed E-state index contributed by atoms with van der Waals surface area (Å²) in [7, 11) is 0. The molecule has 2 aromatic rings. The van der Waals surface area contributed by atoms with E-state index in [0.717, 1.165) is 0 Å². The summed E-state index contributed by atoms with van der Waals surface area (Å²) in [6, 6.07) is 4.28. The van der Waals surface area contributed by atoms with E-state index in [4.69, 9.17) is 0 Å². The highest BCUT2D eigenvalue weighted by atomic mass is 79.9. The zero-order valence-corrected chi connectivity index (χ0v) is 12.0. The maximum atomic E-state index is 13.9. The summed E-state index contributed by atoms with van der Waals surface area (Å²) in [6.45, 7) is 1.47. The number of esters is 1. The van der Waals surface area contributed by atoms with Crippen LogP contribution in [0.5, 0.6) is 0 Å². The summed E-state index contributed by atoms with van der Waals surface area (Å²) in [5.41, 5.74) is -1.36. The van der Waals surface area contributed by atoms with Crippen LogP contribution in [-0.4, -0.2) is 17.4 Å². The van der Waals surface area contributed by atoms with E-state index in [2.05, 4.69) is 20.7 Å². The standard InChI is InChI=1S/C13H10BrF2NO3/c1-2-20-13(19)10-11(18)8-4-3-7(6-14)5-9(8)17(16)12(10)15/h3-5H,2,6H2,1H3. The Kier molecular flexibility index (Phi) is 4.17. The predicted octanol–water partition coefficient (Wildman–Crippen LogP) is 2.94. The average molecular weight is 346 g/mol. The maximum Gasteiger partial charge on any atom is 0.346 e. The summed E-state index contributed by atoms with van der Waals surface area (Å²) in [5.74, 6) is -2.72. The zero-order chi connectivity index (χ0) is 14.9. The molecule has 0 amide bonds. The fraction of sp³-hybridized carbons (Fsp3) is 0.231. The van der Waals surface area contributed by atoms with Crippen LogP contribution in [-0.2, 0) is 10.1 Å². The minimum atomic E-state index is -1.55. The molecule has 0 radical (unpaired) electrons. The highest BCUT2D eigenvalue weighted by molar-refractivity contribution is 9.08. The molecule has 0 fully saturated rings. The lowest BCUT2D eigenvalue weighted by molar-refractivity contribution is 0.0514. The van der Waals surface area contributed by atoms with Gasteiger partial charge >= 0.3 is 5.97 Å². The van der Waals surface area contributed by atoms with Gasteiger partial charge < -0.3 is 4.74 Å². The molecular formula is C13H10BrF2NO3. The molecule has 106 valence electrons. The van der Waals surface area contributed by atoms with Crippen LogP contribution in [0.1, 0.15) is 22.8 Å². The third kappa shape index (κ3) is 2.33. The van der Waals surface area contributed by atoms with Gasteiger partial charge in [-0.25, -0.2) is 4.79 Å². The predicted molar refractivity (Wildman–Crippen MR) is 73.3 cm³/mol. The van der Waals surface area contributed by atoms with Gasteiger partial charge in [0, 0.05) is 10.7 Å². The number of alkyl halides is 1. The monoisotopic (exact) mass is 345 g/mol. The minimum Gasteiger partial charge on any atom is -0.462 e. The Morgan fingerprint density at radius 1 is 1.45 bits per heavy atom. The topological polar surface area (TPSA) is 48.3 Å². The van der Waals surface area contributed by atoms with Crippen molar-refractivity contribution >= 4 is 32.8 Å². The molecule has 0 saturated carbocycles. The molecule has 0 aliphatic carbocycles. The van der Waals surface area contributed by atoms with Crippen LogP contribution in [0.4, 0.5) is 8.87 Å². The van der Waals surface area contributed by atoms with Gasteiger partial charge in [-0.3, -0.25) is 4.79 Å². The molecule has 0 spiro atoms. The molecule has 0 aliphatic rings. The Balaban J connectivity index is 2.81. The van der Waals surface area contributed by atoms with Crippen LogP contribution in [0.25, 0.3) is 10.9 Å². The molecule has 7 heteroatoms. The van der Waals surface area contributed by atoms with Gasteiger partial charge in [-0.05, 0) is 24.6 Å². The number of carbonyl (C=O) groups excluding carboxylic acids is 1. The number of aromatic nitrogens is 1. The number of rotatable bonds is 3. The lowest BCUT2D eigenvalue weighted by atomic mass is 10.1.